The average molecular weight is 97.9 g/mol. The lowest BCUT2D eigenvalue weighted by Crippen LogP contribution is -2.22. The number of aldehydes is 1. The number of rotatable bonds is 2. The zero-order valence-electron chi connectivity index (χ0n) is 4.64. The molecule has 0 aromatic carbocycles. The average Bonchev–Trinajstić information content (AvgIpc) is 1.68. The molecule has 0 heterocycles. The van der Waals surface area contributed by atoms with Crippen LogP contribution in [0, 0.1) is 0 Å². The van der Waals surface area contributed by atoms with Crippen LogP contribution in [0.15, 0.2) is 0 Å². The highest BCUT2D eigenvalue weighted by Gasteiger charge is 2.14. The van der Waals surface area contributed by atoms with E-state index in [2.05, 4.69) is 0 Å². The lowest BCUT2D eigenvalue weighted by atomic mass is 9.65. The van der Waals surface area contributed by atoms with Crippen molar-refractivity contribution in [1.29, 1.82) is 0 Å². The van der Waals surface area contributed by atoms with Crippen LogP contribution < -0.4 is 5.64 Å². The van der Waals surface area contributed by atoms with E-state index in [1.807, 2.05) is 0 Å². The Bertz CT molecular complexity index is 72.1. The molecule has 39 valence electrons. The highest BCUT2D eigenvalue weighted by atomic mass is 16.1. The van der Waals surface area contributed by atoms with Crippen molar-refractivity contribution >= 4 is 13.7 Å². The number of carbonyl (C=O) groups is 1. The van der Waals surface area contributed by atoms with Crippen LogP contribution in [0.25, 0.3) is 0 Å². The van der Waals surface area contributed by atoms with Crippen molar-refractivity contribution < 1.29 is 4.79 Å². The summed E-state index contributed by atoms with van der Waals surface area (Å²) in [5.74, 6) is 0. The van der Waals surface area contributed by atoms with E-state index in [0.717, 1.165) is 6.29 Å². The first-order valence-electron chi connectivity index (χ1n) is 2.15. The van der Waals surface area contributed by atoms with Gasteiger partial charge in [-0.3, -0.25) is 0 Å². The van der Waals surface area contributed by atoms with Gasteiger partial charge in [0.15, 0.2) is 0 Å². The molecular formula is C4H9BNO. The van der Waals surface area contributed by atoms with Gasteiger partial charge >= 0.3 is 0 Å². The van der Waals surface area contributed by atoms with Crippen LogP contribution in [0.5, 0.6) is 0 Å². The first-order valence-corrected chi connectivity index (χ1v) is 2.15. The van der Waals surface area contributed by atoms with Crippen LogP contribution in [0.3, 0.4) is 0 Å². The quantitative estimate of drug-likeness (QED) is 0.389. The van der Waals surface area contributed by atoms with Crippen LogP contribution in [0.4, 0.5) is 0 Å². The summed E-state index contributed by atoms with van der Waals surface area (Å²) in [6, 6.07) is 0. The summed E-state index contributed by atoms with van der Waals surface area (Å²) in [4.78, 5) is 9.95. The second kappa shape index (κ2) is 2.12. The third-order valence-electron chi connectivity index (χ3n) is 0.733. The summed E-state index contributed by atoms with van der Waals surface area (Å²) >= 11 is 0. The van der Waals surface area contributed by atoms with Gasteiger partial charge in [-0.05, 0) is 0 Å². The molecule has 0 saturated heterocycles. The van der Waals surface area contributed by atoms with Crippen LogP contribution in [-0.4, -0.2) is 13.7 Å². The molecule has 0 atom stereocenters. The summed E-state index contributed by atoms with van der Waals surface area (Å²) in [5.41, 5.74) is 5.06. The maximum Gasteiger partial charge on any atom is 0.216 e. The molecule has 0 amide bonds. The maximum atomic E-state index is 9.95. The van der Waals surface area contributed by atoms with E-state index < -0.39 is 5.31 Å². The Morgan fingerprint density at radius 1 is 1.71 bits per heavy atom. The van der Waals surface area contributed by atoms with E-state index in [0.29, 0.717) is 0 Å². The lowest BCUT2D eigenvalue weighted by molar-refractivity contribution is -0.109. The minimum Gasteiger partial charge on any atom is -0.374 e. The molecule has 0 spiro atoms. The number of hydrogen-bond donors (Lipinski definition) is 1. The summed E-state index contributed by atoms with van der Waals surface area (Å²) in [6.07, 6.45) is 0.812. The Labute approximate surface area is 44.3 Å². The van der Waals surface area contributed by atoms with Crippen molar-refractivity contribution in [2.45, 2.75) is 19.2 Å². The fourth-order valence-corrected chi connectivity index (χ4v) is 0.0393. The van der Waals surface area contributed by atoms with Crippen LogP contribution in [0.2, 0.25) is 5.31 Å². The molecule has 0 aliphatic heterocycles. The summed E-state index contributed by atoms with van der Waals surface area (Å²) in [6.45, 7) is 3.50. The molecule has 7 heavy (non-hydrogen) atoms. The normalized spacial score (nSPS) is 10.7. The molecule has 0 aromatic heterocycles. The van der Waals surface area contributed by atoms with E-state index in [1.54, 1.807) is 13.8 Å². The van der Waals surface area contributed by atoms with E-state index in [9.17, 15) is 4.79 Å². The standard InChI is InChI=1S/C4H9BNO/c1-4(2,3-7)5-6/h3H,6H2,1-2H3. The molecule has 0 aromatic rings. The van der Waals surface area contributed by atoms with E-state index in [1.165, 1.54) is 7.41 Å². The minimum absolute atomic E-state index is 0.444. The molecule has 0 fully saturated rings. The molecule has 2 N–H and O–H groups in total. The van der Waals surface area contributed by atoms with Gasteiger partial charge in [-0.1, -0.05) is 13.8 Å². The third kappa shape index (κ3) is 2.40. The smallest absolute Gasteiger partial charge is 0.216 e. The van der Waals surface area contributed by atoms with E-state index >= 15 is 0 Å². The number of carbonyl (C=O) groups excluding carboxylic acids is 1. The predicted octanol–water partition coefficient (Wildman–Crippen LogP) is -0.0383. The SMILES string of the molecule is CC(C)([B]N)C=O. The predicted molar refractivity (Wildman–Crippen MR) is 30.0 cm³/mol. The third-order valence-corrected chi connectivity index (χ3v) is 0.733. The van der Waals surface area contributed by atoms with Gasteiger partial charge in [-0.2, -0.15) is 0 Å². The molecular weight excluding hydrogens is 88.9 g/mol. The fourth-order valence-electron chi connectivity index (χ4n) is 0.0393. The van der Waals surface area contributed by atoms with Gasteiger partial charge in [0.05, 0.1) is 0 Å². The Morgan fingerprint density at radius 3 is 2.14 bits per heavy atom. The highest BCUT2D eigenvalue weighted by molar-refractivity contribution is 6.41. The summed E-state index contributed by atoms with van der Waals surface area (Å²) in [7, 11) is 1.38. The second-order valence-corrected chi connectivity index (χ2v) is 2.11. The molecule has 0 bridgehead atoms. The Kier molecular flexibility index (Phi) is 2.03. The van der Waals surface area contributed by atoms with Crippen molar-refractivity contribution in [2.75, 3.05) is 0 Å². The van der Waals surface area contributed by atoms with Gasteiger partial charge in [-0.15, -0.1) is 0 Å². The molecule has 0 unspecified atom stereocenters. The molecule has 0 aliphatic rings. The van der Waals surface area contributed by atoms with Crippen LogP contribution in [0.1, 0.15) is 13.8 Å². The molecule has 3 heteroatoms. The first-order chi connectivity index (χ1) is 3.12. The second-order valence-electron chi connectivity index (χ2n) is 2.11. The zero-order chi connectivity index (χ0) is 5.91. The van der Waals surface area contributed by atoms with Crippen LogP contribution >= 0.6 is 0 Å². The Hall–Kier alpha value is -0.305. The fraction of sp³-hybridized carbons (Fsp3) is 0.750. The van der Waals surface area contributed by atoms with Gasteiger partial charge in [0.1, 0.15) is 6.29 Å². The summed E-state index contributed by atoms with van der Waals surface area (Å²) < 4.78 is 0. The van der Waals surface area contributed by atoms with Crippen molar-refractivity contribution in [3.8, 4) is 0 Å². The molecule has 0 aliphatic carbocycles. The maximum absolute atomic E-state index is 9.95. The minimum atomic E-state index is -0.444. The van der Waals surface area contributed by atoms with Crippen molar-refractivity contribution in [2.24, 2.45) is 5.64 Å². The largest absolute Gasteiger partial charge is 0.374 e. The number of hydrogen-bond acceptors (Lipinski definition) is 2. The topological polar surface area (TPSA) is 43.1 Å². The molecule has 0 saturated carbocycles. The molecule has 1 radical (unpaired) electrons. The molecule has 0 rings (SSSR count). The van der Waals surface area contributed by atoms with E-state index in [4.69, 9.17) is 5.64 Å². The van der Waals surface area contributed by atoms with Crippen molar-refractivity contribution in [3.63, 3.8) is 0 Å². The Morgan fingerprint density at radius 2 is 2.14 bits per heavy atom. The number of nitrogens with two attached hydrogens (primary N) is 1. The Balaban J connectivity index is 3.58. The van der Waals surface area contributed by atoms with Crippen molar-refractivity contribution in [3.05, 3.63) is 0 Å². The highest BCUT2D eigenvalue weighted by Crippen LogP contribution is 2.13. The van der Waals surface area contributed by atoms with Gasteiger partial charge in [-0.25, -0.2) is 0 Å². The van der Waals surface area contributed by atoms with Gasteiger partial charge < -0.3 is 10.4 Å². The van der Waals surface area contributed by atoms with Crippen LogP contribution in [-0.2, 0) is 4.79 Å². The monoisotopic (exact) mass is 98.1 g/mol. The van der Waals surface area contributed by atoms with Gasteiger partial charge in [0, 0.05) is 5.31 Å². The lowest BCUT2D eigenvalue weighted by Gasteiger charge is -2.08. The summed E-state index contributed by atoms with van der Waals surface area (Å²) in [5, 5.41) is -0.444. The zero-order valence-corrected chi connectivity index (χ0v) is 4.64. The molecule has 2 nitrogen and oxygen atoms in total. The van der Waals surface area contributed by atoms with E-state index in [-0.39, 0.29) is 0 Å². The first kappa shape index (κ1) is 6.69. The van der Waals surface area contributed by atoms with Gasteiger partial charge in [0.25, 0.3) is 0 Å². The van der Waals surface area contributed by atoms with Gasteiger partial charge in [0.2, 0.25) is 7.41 Å². The van der Waals surface area contributed by atoms with Crippen molar-refractivity contribution in [1.82, 2.24) is 0 Å².